The number of halogens is 1. The van der Waals surface area contributed by atoms with Crippen molar-refractivity contribution in [1.82, 2.24) is 0 Å². The number of nitrogens with zero attached hydrogens (tertiary/aromatic N) is 1. The first-order valence-electron chi connectivity index (χ1n) is 6.12. The summed E-state index contributed by atoms with van der Waals surface area (Å²) in [6.07, 6.45) is 0. The standard InChI is InChI=1S/C16H14ClNO2/c1-19-16-7-6-12(8-14(16)9-18)10-20-11-13-4-2-3-5-15(13)17/h2-8H,10-11H2,1H3. The van der Waals surface area contributed by atoms with Gasteiger partial charge in [0.1, 0.15) is 11.8 Å². The molecule has 0 amide bonds. The second kappa shape index (κ2) is 6.95. The molecule has 3 nitrogen and oxygen atoms in total. The molecule has 0 N–H and O–H groups in total. The number of hydrogen-bond donors (Lipinski definition) is 0. The number of benzene rings is 2. The predicted octanol–water partition coefficient (Wildman–Crippen LogP) is 3.94. The van der Waals surface area contributed by atoms with E-state index in [1.54, 1.807) is 19.2 Å². The average molecular weight is 288 g/mol. The van der Waals surface area contributed by atoms with E-state index in [0.717, 1.165) is 11.1 Å². The number of rotatable bonds is 5. The van der Waals surface area contributed by atoms with E-state index in [-0.39, 0.29) is 0 Å². The van der Waals surface area contributed by atoms with Crippen LogP contribution < -0.4 is 4.74 Å². The van der Waals surface area contributed by atoms with Gasteiger partial charge in [-0.25, -0.2) is 0 Å². The van der Waals surface area contributed by atoms with Gasteiger partial charge in [0.05, 0.1) is 25.9 Å². The van der Waals surface area contributed by atoms with Gasteiger partial charge < -0.3 is 9.47 Å². The van der Waals surface area contributed by atoms with E-state index in [0.29, 0.717) is 29.5 Å². The van der Waals surface area contributed by atoms with E-state index in [2.05, 4.69) is 6.07 Å². The van der Waals surface area contributed by atoms with Crippen molar-refractivity contribution in [3.05, 3.63) is 64.2 Å². The first-order valence-corrected chi connectivity index (χ1v) is 6.50. The lowest BCUT2D eigenvalue weighted by molar-refractivity contribution is 0.107. The van der Waals surface area contributed by atoms with Gasteiger partial charge in [0, 0.05) is 5.02 Å². The Bertz CT molecular complexity index is 635. The van der Waals surface area contributed by atoms with Crippen LogP contribution in [0.4, 0.5) is 0 Å². The van der Waals surface area contributed by atoms with Crippen molar-refractivity contribution in [2.24, 2.45) is 0 Å². The van der Waals surface area contributed by atoms with Crippen LogP contribution in [0.1, 0.15) is 16.7 Å². The molecule has 4 heteroatoms. The number of hydrogen-bond acceptors (Lipinski definition) is 3. The Labute approximate surface area is 123 Å². The summed E-state index contributed by atoms with van der Waals surface area (Å²) in [5.41, 5.74) is 2.38. The van der Waals surface area contributed by atoms with Crippen molar-refractivity contribution < 1.29 is 9.47 Å². The minimum Gasteiger partial charge on any atom is -0.495 e. The van der Waals surface area contributed by atoms with Crippen LogP contribution in [-0.4, -0.2) is 7.11 Å². The van der Waals surface area contributed by atoms with Gasteiger partial charge in [-0.3, -0.25) is 0 Å². The maximum atomic E-state index is 9.03. The van der Waals surface area contributed by atoms with Gasteiger partial charge in [0.15, 0.2) is 0 Å². The van der Waals surface area contributed by atoms with Crippen LogP contribution in [0.15, 0.2) is 42.5 Å². The van der Waals surface area contributed by atoms with Gasteiger partial charge in [-0.05, 0) is 29.3 Å². The molecule has 0 unspecified atom stereocenters. The smallest absolute Gasteiger partial charge is 0.136 e. The molecular formula is C16H14ClNO2. The number of ether oxygens (including phenoxy) is 2. The Hall–Kier alpha value is -2.02. The average Bonchev–Trinajstić information content (AvgIpc) is 2.49. The Morgan fingerprint density at radius 1 is 1.15 bits per heavy atom. The van der Waals surface area contributed by atoms with Gasteiger partial charge in [0.25, 0.3) is 0 Å². The van der Waals surface area contributed by atoms with Crippen LogP contribution in [0.5, 0.6) is 5.75 Å². The molecule has 20 heavy (non-hydrogen) atoms. The zero-order valence-corrected chi connectivity index (χ0v) is 11.9. The second-order valence-electron chi connectivity index (χ2n) is 4.23. The van der Waals surface area contributed by atoms with Crippen LogP contribution >= 0.6 is 11.6 Å². The number of nitriles is 1. The monoisotopic (exact) mass is 287 g/mol. The molecule has 0 atom stereocenters. The summed E-state index contributed by atoms with van der Waals surface area (Å²) >= 11 is 6.05. The van der Waals surface area contributed by atoms with Crippen molar-refractivity contribution in [2.45, 2.75) is 13.2 Å². The van der Waals surface area contributed by atoms with Gasteiger partial charge >= 0.3 is 0 Å². The topological polar surface area (TPSA) is 42.2 Å². The Kier molecular flexibility index (Phi) is 5.00. The van der Waals surface area contributed by atoms with Gasteiger partial charge in [-0.2, -0.15) is 5.26 Å². The normalized spacial score (nSPS) is 10.1. The maximum absolute atomic E-state index is 9.03. The van der Waals surface area contributed by atoms with E-state index in [4.69, 9.17) is 26.3 Å². The van der Waals surface area contributed by atoms with Gasteiger partial charge in [-0.15, -0.1) is 0 Å². The molecular weight excluding hydrogens is 274 g/mol. The van der Waals surface area contributed by atoms with Crippen molar-refractivity contribution in [3.8, 4) is 11.8 Å². The number of methoxy groups -OCH3 is 1. The first kappa shape index (κ1) is 14.4. The molecule has 2 rings (SSSR count). The van der Waals surface area contributed by atoms with E-state index >= 15 is 0 Å². The molecule has 0 fully saturated rings. The lowest BCUT2D eigenvalue weighted by atomic mass is 10.1. The molecule has 0 saturated heterocycles. The lowest BCUT2D eigenvalue weighted by Gasteiger charge is -2.08. The van der Waals surface area contributed by atoms with Crippen LogP contribution in [0, 0.1) is 11.3 Å². The minimum atomic E-state index is 0.421. The Morgan fingerprint density at radius 2 is 1.95 bits per heavy atom. The van der Waals surface area contributed by atoms with Crippen LogP contribution in [0.3, 0.4) is 0 Å². The van der Waals surface area contributed by atoms with E-state index in [1.807, 2.05) is 30.3 Å². The molecule has 2 aromatic rings. The van der Waals surface area contributed by atoms with Crippen molar-refractivity contribution in [1.29, 1.82) is 5.26 Å². The lowest BCUT2D eigenvalue weighted by Crippen LogP contribution is -1.96. The zero-order chi connectivity index (χ0) is 14.4. The predicted molar refractivity (Wildman–Crippen MR) is 77.7 cm³/mol. The second-order valence-corrected chi connectivity index (χ2v) is 4.64. The third kappa shape index (κ3) is 3.51. The molecule has 0 aliphatic heterocycles. The third-order valence-corrected chi connectivity index (χ3v) is 3.24. The maximum Gasteiger partial charge on any atom is 0.136 e. The highest BCUT2D eigenvalue weighted by molar-refractivity contribution is 6.31. The van der Waals surface area contributed by atoms with Crippen LogP contribution in [-0.2, 0) is 18.0 Å². The van der Waals surface area contributed by atoms with Crippen LogP contribution in [0.2, 0.25) is 5.02 Å². The highest BCUT2D eigenvalue weighted by atomic mass is 35.5. The summed E-state index contributed by atoms with van der Waals surface area (Å²) in [7, 11) is 1.55. The van der Waals surface area contributed by atoms with Crippen molar-refractivity contribution in [3.63, 3.8) is 0 Å². The highest BCUT2D eigenvalue weighted by Gasteiger charge is 2.04. The third-order valence-electron chi connectivity index (χ3n) is 2.87. The summed E-state index contributed by atoms with van der Waals surface area (Å²) < 4.78 is 10.7. The van der Waals surface area contributed by atoms with E-state index in [9.17, 15) is 0 Å². The molecule has 0 spiro atoms. The summed E-state index contributed by atoms with van der Waals surface area (Å²) in [5, 5.41) is 9.72. The molecule has 0 aliphatic carbocycles. The summed E-state index contributed by atoms with van der Waals surface area (Å²) in [4.78, 5) is 0. The van der Waals surface area contributed by atoms with Crippen LogP contribution in [0.25, 0.3) is 0 Å². The van der Waals surface area contributed by atoms with E-state index in [1.165, 1.54) is 0 Å². The molecule has 0 bridgehead atoms. The Morgan fingerprint density at radius 3 is 2.65 bits per heavy atom. The molecule has 102 valence electrons. The molecule has 0 heterocycles. The van der Waals surface area contributed by atoms with Crippen molar-refractivity contribution >= 4 is 11.6 Å². The SMILES string of the molecule is COc1ccc(COCc2ccccc2Cl)cc1C#N. The summed E-state index contributed by atoms with van der Waals surface area (Å²) in [6.45, 7) is 0.859. The zero-order valence-electron chi connectivity index (χ0n) is 11.1. The molecule has 0 aromatic heterocycles. The fraction of sp³-hybridized carbons (Fsp3) is 0.188. The minimum absolute atomic E-state index is 0.421. The quantitative estimate of drug-likeness (QED) is 0.836. The Balaban J connectivity index is 1.98. The summed E-state index contributed by atoms with van der Waals surface area (Å²) in [6, 6.07) is 15.1. The summed E-state index contributed by atoms with van der Waals surface area (Å²) in [5.74, 6) is 0.572. The fourth-order valence-corrected chi connectivity index (χ4v) is 2.02. The fourth-order valence-electron chi connectivity index (χ4n) is 1.83. The highest BCUT2D eigenvalue weighted by Crippen LogP contribution is 2.20. The first-order chi connectivity index (χ1) is 9.74. The largest absolute Gasteiger partial charge is 0.495 e. The molecule has 0 radical (unpaired) electrons. The van der Waals surface area contributed by atoms with Gasteiger partial charge in [0.2, 0.25) is 0 Å². The molecule has 2 aromatic carbocycles. The molecule has 0 aliphatic rings. The van der Waals surface area contributed by atoms with Gasteiger partial charge in [-0.1, -0.05) is 35.9 Å². The van der Waals surface area contributed by atoms with Crippen molar-refractivity contribution in [2.75, 3.05) is 7.11 Å². The van der Waals surface area contributed by atoms with E-state index < -0.39 is 0 Å². The molecule has 0 saturated carbocycles.